The Hall–Kier alpha value is -3.21. The highest BCUT2D eigenvalue weighted by atomic mass is 16.5. The van der Waals surface area contributed by atoms with E-state index in [1.165, 1.54) is 0 Å². The molecule has 1 atom stereocenters. The third-order valence-electron chi connectivity index (χ3n) is 3.46. The lowest BCUT2D eigenvalue weighted by Crippen LogP contribution is -2.33. The van der Waals surface area contributed by atoms with Crippen molar-refractivity contribution in [1.82, 2.24) is 10.4 Å². The van der Waals surface area contributed by atoms with E-state index in [2.05, 4.69) is 15.5 Å². The molecule has 0 saturated carbocycles. The van der Waals surface area contributed by atoms with E-state index in [-0.39, 0.29) is 5.91 Å². The Morgan fingerprint density at radius 2 is 1.92 bits per heavy atom. The highest BCUT2D eigenvalue weighted by Crippen LogP contribution is 2.23. The van der Waals surface area contributed by atoms with E-state index in [1.54, 1.807) is 25.4 Å². The molecule has 5 heteroatoms. The molecule has 0 aliphatic heterocycles. The maximum atomic E-state index is 12.1. The van der Waals surface area contributed by atoms with Crippen molar-refractivity contribution >= 4 is 23.0 Å². The maximum absolute atomic E-state index is 12.1. The molecular formula is C19H17N3O2. The van der Waals surface area contributed by atoms with Crippen LogP contribution in [0.3, 0.4) is 0 Å². The molecule has 0 bridgehead atoms. The van der Waals surface area contributed by atoms with Gasteiger partial charge in [-0.15, -0.1) is 0 Å². The van der Waals surface area contributed by atoms with Gasteiger partial charge in [-0.3, -0.25) is 9.78 Å². The first-order valence-corrected chi connectivity index (χ1v) is 7.62. The topological polar surface area (TPSA) is 63.6 Å². The number of carbonyl (C=O) groups excluding carboxylic acids is 1. The second-order valence-electron chi connectivity index (χ2n) is 5.24. The minimum absolute atomic E-state index is 0.324. The lowest BCUT2D eigenvalue weighted by molar-refractivity contribution is -0.127. The smallest absolute Gasteiger partial charge is 0.280 e. The number of benzene rings is 2. The molecule has 24 heavy (non-hydrogen) atoms. The standard InChI is InChI=1S/C19H17N3O2/c1-14(19(23)22-21-13-15-7-3-2-4-8-15)24-17-11-5-9-16-10-6-12-20-18(16)17/h2-14H,1H3,(H,22,23)/t14-/m1/s1. The van der Waals surface area contributed by atoms with Gasteiger partial charge >= 0.3 is 0 Å². The first-order chi connectivity index (χ1) is 11.7. The van der Waals surface area contributed by atoms with E-state index in [9.17, 15) is 4.79 Å². The lowest BCUT2D eigenvalue weighted by atomic mass is 10.2. The molecular weight excluding hydrogens is 302 g/mol. The van der Waals surface area contributed by atoms with Gasteiger partial charge in [-0.25, -0.2) is 5.43 Å². The lowest BCUT2D eigenvalue weighted by Gasteiger charge is -2.14. The molecule has 1 N–H and O–H groups in total. The molecule has 3 rings (SSSR count). The molecule has 1 amide bonds. The number of ether oxygens (including phenoxy) is 1. The van der Waals surface area contributed by atoms with Gasteiger partial charge in [-0.05, 0) is 24.6 Å². The zero-order valence-electron chi connectivity index (χ0n) is 13.2. The molecule has 0 saturated heterocycles. The molecule has 1 aromatic heterocycles. The number of fused-ring (bicyclic) bond motifs is 1. The zero-order chi connectivity index (χ0) is 16.8. The average Bonchev–Trinajstić information content (AvgIpc) is 2.63. The Morgan fingerprint density at radius 3 is 2.75 bits per heavy atom. The number of amides is 1. The van der Waals surface area contributed by atoms with Crippen molar-refractivity contribution < 1.29 is 9.53 Å². The average molecular weight is 319 g/mol. The summed E-state index contributed by atoms with van der Waals surface area (Å²) in [6, 6.07) is 19.0. The summed E-state index contributed by atoms with van der Waals surface area (Å²) in [5.41, 5.74) is 4.12. The van der Waals surface area contributed by atoms with Crippen LogP contribution >= 0.6 is 0 Å². The van der Waals surface area contributed by atoms with E-state index >= 15 is 0 Å². The summed E-state index contributed by atoms with van der Waals surface area (Å²) >= 11 is 0. The Balaban J connectivity index is 1.64. The van der Waals surface area contributed by atoms with Crippen LogP contribution < -0.4 is 10.2 Å². The van der Waals surface area contributed by atoms with Gasteiger partial charge in [-0.1, -0.05) is 48.5 Å². The van der Waals surface area contributed by atoms with Gasteiger partial charge in [0.15, 0.2) is 6.10 Å². The van der Waals surface area contributed by atoms with E-state index in [0.29, 0.717) is 5.75 Å². The largest absolute Gasteiger partial charge is 0.479 e. The zero-order valence-corrected chi connectivity index (χ0v) is 13.2. The van der Waals surface area contributed by atoms with Crippen LogP contribution in [0.15, 0.2) is 72.0 Å². The third kappa shape index (κ3) is 3.76. The predicted octanol–water partition coefficient (Wildman–Crippen LogP) is 3.15. The number of aromatic nitrogens is 1. The molecule has 0 aliphatic carbocycles. The van der Waals surface area contributed by atoms with Crippen LogP contribution in [0.4, 0.5) is 0 Å². The Bertz CT molecular complexity index is 857. The van der Waals surface area contributed by atoms with Crippen molar-refractivity contribution in [2.75, 3.05) is 0 Å². The maximum Gasteiger partial charge on any atom is 0.280 e. The van der Waals surface area contributed by atoms with Gasteiger partial charge < -0.3 is 4.74 Å². The van der Waals surface area contributed by atoms with Crippen LogP contribution in [0.2, 0.25) is 0 Å². The number of hydrogen-bond donors (Lipinski definition) is 1. The van der Waals surface area contributed by atoms with Crippen molar-refractivity contribution in [2.24, 2.45) is 5.10 Å². The van der Waals surface area contributed by atoms with Crippen LogP contribution in [-0.4, -0.2) is 23.2 Å². The molecule has 0 aliphatic rings. The van der Waals surface area contributed by atoms with Crippen LogP contribution in [-0.2, 0) is 4.79 Å². The van der Waals surface area contributed by atoms with E-state index in [1.807, 2.05) is 54.6 Å². The monoisotopic (exact) mass is 319 g/mol. The van der Waals surface area contributed by atoms with E-state index in [4.69, 9.17) is 4.74 Å². The minimum Gasteiger partial charge on any atom is -0.479 e. The van der Waals surface area contributed by atoms with Crippen molar-refractivity contribution in [2.45, 2.75) is 13.0 Å². The Morgan fingerprint density at radius 1 is 1.12 bits per heavy atom. The van der Waals surface area contributed by atoms with Gasteiger partial charge in [0, 0.05) is 11.6 Å². The van der Waals surface area contributed by atoms with Crippen molar-refractivity contribution in [3.8, 4) is 5.75 Å². The molecule has 2 aromatic carbocycles. The van der Waals surface area contributed by atoms with Crippen LogP contribution in [0.25, 0.3) is 10.9 Å². The summed E-state index contributed by atoms with van der Waals surface area (Å²) < 4.78 is 5.74. The predicted molar refractivity (Wildman–Crippen MR) is 94.0 cm³/mol. The fraction of sp³-hybridized carbons (Fsp3) is 0.105. The molecule has 0 spiro atoms. The summed E-state index contributed by atoms with van der Waals surface area (Å²) in [4.78, 5) is 16.4. The number of nitrogens with one attached hydrogen (secondary N) is 1. The summed E-state index contributed by atoms with van der Waals surface area (Å²) in [5.74, 6) is 0.248. The Kier molecular flexibility index (Phi) is 4.81. The number of pyridine rings is 1. The molecule has 120 valence electrons. The van der Waals surface area contributed by atoms with Gasteiger partial charge in [-0.2, -0.15) is 5.10 Å². The minimum atomic E-state index is -0.689. The number of carbonyl (C=O) groups is 1. The number of para-hydroxylation sites is 1. The second kappa shape index (κ2) is 7.37. The molecule has 1 heterocycles. The summed E-state index contributed by atoms with van der Waals surface area (Å²) in [7, 11) is 0. The van der Waals surface area contributed by atoms with Gasteiger partial charge in [0.1, 0.15) is 11.3 Å². The van der Waals surface area contributed by atoms with Crippen LogP contribution in [0, 0.1) is 0 Å². The van der Waals surface area contributed by atoms with E-state index < -0.39 is 6.10 Å². The number of hydrazone groups is 1. The number of nitrogens with zero attached hydrogens (tertiary/aromatic N) is 2. The van der Waals surface area contributed by atoms with Gasteiger partial charge in [0.25, 0.3) is 5.91 Å². The summed E-state index contributed by atoms with van der Waals surface area (Å²) in [6.45, 7) is 1.68. The van der Waals surface area contributed by atoms with Gasteiger partial charge in [0.2, 0.25) is 0 Å². The van der Waals surface area contributed by atoms with Crippen LogP contribution in [0.1, 0.15) is 12.5 Å². The first-order valence-electron chi connectivity index (χ1n) is 7.62. The normalized spacial score (nSPS) is 12.2. The van der Waals surface area contributed by atoms with Crippen molar-refractivity contribution in [3.63, 3.8) is 0 Å². The molecule has 5 nitrogen and oxygen atoms in total. The molecule has 0 unspecified atom stereocenters. The summed E-state index contributed by atoms with van der Waals surface area (Å²) in [5, 5.41) is 4.91. The fourth-order valence-corrected chi connectivity index (χ4v) is 2.22. The van der Waals surface area contributed by atoms with Crippen molar-refractivity contribution in [1.29, 1.82) is 0 Å². The van der Waals surface area contributed by atoms with Crippen LogP contribution in [0.5, 0.6) is 5.75 Å². The molecule has 3 aromatic rings. The molecule has 0 fully saturated rings. The van der Waals surface area contributed by atoms with Crippen molar-refractivity contribution in [3.05, 3.63) is 72.4 Å². The third-order valence-corrected chi connectivity index (χ3v) is 3.46. The van der Waals surface area contributed by atoms with E-state index in [0.717, 1.165) is 16.5 Å². The summed E-state index contributed by atoms with van der Waals surface area (Å²) in [6.07, 6.45) is 2.60. The number of hydrogen-bond acceptors (Lipinski definition) is 4. The molecule has 0 radical (unpaired) electrons. The fourth-order valence-electron chi connectivity index (χ4n) is 2.22. The number of rotatable bonds is 5. The second-order valence-corrected chi connectivity index (χ2v) is 5.24. The van der Waals surface area contributed by atoms with Gasteiger partial charge in [0.05, 0.1) is 6.21 Å². The SMILES string of the molecule is C[C@@H](Oc1cccc2cccnc12)C(=O)NN=Cc1ccccc1. The first kappa shape index (κ1) is 15.7. The quantitative estimate of drug-likeness (QED) is 0.580. The highest BCUT2D eigenvalue weighted by molar-refractivity contribution is 5.86. The Labute approximate surface area is 140 Å². The highest BCUT2D eigenvalue weighted by Gasteiger charge is 2.15.